The van der Waals surface area contributed by atoms with Crippen molar-refractivity contribution in [1.29, 1.82) is 0 Å². The monoisotopic (exact) mass is 290 g/mol. The second kappa shape index (κ2) is 5.88. The van der Waals surface area contributed by atoms with Crippen molar-refractivity contribution >= 4 is 17.1 Å². The maximum absolute atomic E-state index is 4.92. The highest BCUT2D eigenvalue weighted by molar-refractivity contribution is 6.24. The fraction of sp³-hybridized carbons (Fsp3) is 0.300. The van der Waals surface area contributed by atoms with Crippen LogP contribution in [0.25, 0.3) is 0 Å². The van der Waals surface area contributed by atoms with Gasteiger partial charge in [0.25, 0.3) is 0 Å². The Labute approximate surface area is 132 Å². The molecule has 3 rings (SSSR count). The van der Waals surface area contributed by atoms with Crippen molar-refractivity contribution in [1.82, 2.24) is 0 Å². The third-order valence-corrected chi connectivity index (χ3v) is 4.30. The van der Waals surface area contributed by atoms with E-state index in [0.717, 1.165) is 30.0 Å². The standard InChI is InChI=1S/C20H22N2/c1-4-15-14-20(3,5-2)22-19-12-11-17(13-18(15)19)21-16-9-7-6-8-10-16/h6-14H,4-5H2,1-3H3. The summed E-state index contributed by atoms with van der Waals surface area (Å²) in [4.78, 5) is 9.63. The van der Waals surface area contributed by atoms with E-state index in [4.69, 9.17) is 9.98 Å². The lowest BCUT2D eigenvalue weighted by Gasteiger charge is -2.30. The van der Waals surface area contributed by atoms with Gasteiger partial charge < -0.3 is 0 Å². The summed E-state index contributed by atoms with van der Waals surface area (Å²) in [6.45, 7) is 6.60. The van der Waals surface area contributed by atoms with Gasteiger partial charge in [0, 0.05) is 5.57 Å². The number of aliphatic imine (C=N–C) groups is 2. The van der Waals surface area contributed by atoms with Crippen molar-refractivity contribution in [2.45, 2.75) is 39.2 Å². The smallest absolute Gasteiger partial charge is 0.0770 e. The molecule has 0 saturated heterocycles. The molecule has 2 aliphatic rings. The van der Waals surface area contributed by atoms with E-state index in [9.17, 15) is 0 Å². The van der Waals surface area contributed by atoms with E-state index in [-0.39, 0.29) is 5.54 Å². The average molecular weight is 290 g/mol. The first kappa shape index (κ1) is 14.7. The summed E-state index contributed by atoms with van der Waals surface area (Å²) < 4.78 is 0. The molecule has 2 heteroatoms. The van der Waals surface area contributed by atoms with Crippen LogP contribution in [0, 0.1) is 0 Å². The summed E-state index contributed by atoms with van der Waals surface area (Å²) in [6.07, 6.45) is 10.7. The Kier molecular flexibility index (Phi) is 3.93. The molecule has 0 radical (unpaired) electrons. The molecule has 112 valence electrons. The SMILES string of the molecule is CCC1=CC(C)(CC)N=C2C=CC(=Nc3ccccc3)C=C12. The topological polar surface area (TPSA) is 24.7 Å². The molecule has 0 N–H and O–H groups in total. The van der Waals surface area contributed by atoms with Gasteiger partial charge in [0.15, 0.2) is 0 Å². The molecule has 0 fully saturated rings. The van der Waals surface area contributed by atoms with Crippen LogP contribution in [-0.2, 0) is 0 Å². The molecule has 1 heterocycles. The van der Waals surface area contributed by atoms with Crippen LogP contribution in [0.1, 0.15) is 33.6 Å². The van der Waals surface area contributed by atoms with E-state index in [1.807, 2.05) is 30.3 Å². The van der Waals surface area contributed by atoms with Gasteiger partial charge in [-0.3, -0.25) is 4.99 Å². The average Bonchev–Trinajstić information content (AvgIpc) is 2.55. The Morgan fingerprint density at radius 1 is 1.09 bits per heavy atom. The highest BCUT2D eigenvalue weighted by atomic mass is 14.9. The Morgan fingerprint density at radius 2 is 1.86 bits per heavy atom. The van der Waals surface area contributed by atoms with Crippen LogP contribution in [0.2, 0.25) is 0 Å². The van der Waals surface area contributed by atoms with Crippen LogP contribution in [0.15, 0.2) is 75.8 Å². The number of rotatable bonds is 3. The molecular weight excluding hydrogens is 268 g/mol. The van der Waals surface area contributed by atoms with Crippen molar-refractivity contribution in [3.63, 3.8) is 0 Å². The molecule has 1 atom stereocenters. The summed E-state index contributed by atoms with van der Waals surface area (Å²) in [6, 6.07) is 10.1. The normalized spacial score (nSPS) is 25.4. The molecule has 1 aliphatic heterocycles. The summed E-state index contributed by atoms with van der Waals surface area (Å²) in [5, 5.41) is 0. The zero-order valence-electron chi connectivity index (χ0n) is 13.5. The lowest BCUT2D eigenvalue weighted by molar-refractivity contribution is 0.559. The Morgan fingerprint density at radius 3 is 2.55 bits per heavy atom. The van der Waals surface area contributed by atoms with E-state index >= 15 is 0 Å². The predicted octanol–water partition coefficient (Wildman–Crippen LogP) is 5.22. The molecule has 1 unspecified atom stereocenters. The van der Waals surface area contributed by atoms with Gasteiger partial charge in [-0.2, -0.15) is 0 Å². The van der Waals surface area contributed by atoms with Crippen LogP contribution in [0.3, 0.4) is 0 Å². The Hall–Kier alpha value is -2.22. The zero-order valence-corrected chi connectivity index (χ0v) is 13.5. The van der Waals surface area contributed by atoms with Gasteiger partial charge in [0.05, 0.1) is 22.6 Å². The van der Waals surface area contributed by atoms with Gasteiger partial charge in [-0.05, 0) is 55.7 Å². The number of hydrogen-bond donors (Lipinski definition) is 0. The largest absolute Gasteiger partial charge is 0.274 e. The van der Waals surface area contributed by atoms with Crippen LogP contribution < -0.4 is 0 Å². The number of benzene rings is 1. The first-order valence-electron chi connectivity index (χ1n) is 7.99. The minimum Gasteiger partial charge on any atom is -0.274 e. The second-order valence-electron chi connectivity index (χ2n) is 5.99. The molecule has 0 aromatic heterocycles. The lowest BCUT2D eigenvalue weighted by atomic mass is 9.84. The number of nitrogens with zero attached hydrogens (tertiary/aromatic N) is 2. The van der Waals surface area contributed by atoms with Crippen LogP contribution in [0.5, 0.6) is 0 Å². The summed E-state index contributed by atoms with van der Waals surface area (Å²) >= 11 is 0. The van der Waals surface area contributed by atoms with Crippen LogP contribution >= 0.6 is 0 Å². The van der Waals surface area contributed by atoms with Crippen LogP contribution in [0.4, 0.5) is 5.69 Å². The summed E-state index contributed by atoms with van der Waals surface area (Å²) in [7, 11) is 0. The van der Waals surface area contributed by atoms with E-state index < -0.39 is 0 Å². The Balaban J connectivity index is 2.00. The zero-order chi connectivity index (χ0) is 15.6. The van der Waals surface area contributed by atoms with Gasteiger partial charge in [-0.15, -0.1) is 0 Å². The van der Waals surface area contributed by atoms with Gasteiger partial charge in [0.2, 0.25) is 0 Å². The lowest BCUT2D eigenvalue weighted by Crippen LogP contribution is -2.27. The Bertz CT molecular complexity index is 717. The first-order chi connectivity index (χ1) is 10.6. The van der Waals surface area contributed by atoms with Crippen molar-refractivity contribution in [2.24, 2.45) is 9.98 Å². The quantitative estimate of drug-likeness (QED) is 0.682. The number of hydrogen-bond acceptors (Lipinski definition) is 2. The first-order valence-corrected chi connectivity index (χ1v) is 7.99. The number of para-hydroxylation sites is 1. The van der Waals surface area contributed by atoms with Crippen molar-refractivity contribution in [3.8, 4) is 0 Å². The molecule has 0 bridgehead atoms. The molecule has 22 heavy (non-hydrogen) atoms. The molecule has 0 amide bonds. The van der Waals surface area contributed by atoms with Gasteiger partial charge in [0.1, 0.15) is 0 Å². The van der Waals surface area contributed by atoms with E-state index in [1.54, 1.807) is 0 Å². The highest BCUT2D eigenvalue weighted by Gasteiger charge is 2.27. The molecule has 1 aromatic carbocycles. The van der Waals surface area contributed by atoms with E-state index in [0.29, 0.717) is 0 Å². The van der Waals surface area contributed by atoms with Crippen LogP contribution in [-0.4, -0.2) is 17.0 Å². The molecule has 0 spiro atoms. The predicted molar refractivity (Wildman–Crippen MR) is 95.3 cm³/mol. The minimum atomic E-state index is -0.0730. The maximum atomic E-state index is 4.92. The summed E-state index contributed by atoms with van der Waals surface area (Å²) in [5.41, 5.74) is 5.59. The fourth-order valence-corrected chi connectivity index (χ4v) is 2.83. The van der Waals surface area contributed by atoms with Gasteiger partial charge >= 0.3 is 0 Å². The van der Waals surface area contributed by atoms with Gasteiger partial charge in [-0.1, -0.05) is 38.1 Å². The molecule has 1 aliphatic carbocycles. The molecule has 0 saturated carbocycles. The third-order valence-electron chi connectivity index (χ3n) is 4.30. The van der Waals surface area contributed by atoms with E-state index in [1.165, 1.54) is 11.1 Å². The van der Waals surface area contributed by atoms with E-state index in [2.05, 4.69) is 45.1 Å². The van der Waals surface area contributed by atoms with Crippen molar-refractivity contribution in [2.75, 3.05) is 0 Å². The summed E-state index contributed by atoms with van der Waals surface area (Å²) in [5.74, 6) is 0. The second-order valence-corrected chi connectivity index (χ2v) is 5.99. The van der Waals surface area contributed by atoms with Crippen molar-refractivity contribution < 1.29 is 0 Å². The number of allylic oxidation sites excluding steroid dienone is 5. The highest BCUT2D eigenvalue weighted by Crippen LogP contribution is 2.32. The molecular formula is C20H22N2. The van der Waals surface area contributed by atoms with Crippen molar-refractivity contribution in [3.05, 3.63) is 65.8 Å². The maximum Gasteiger partial charge on any atom is 0.0770 e. The minimum absolute atomic E-state index is 0.0730. The van der Waals surface area contributed by atoms with Gasteiger partial charge in [-0.25, -0.2) is 4.99 Å². The molecule has 1 aromatic rings. The number of fused-ring (bicyclic) bond motifs is 1. The number of dihydropyridines is 1. The molecule has 2 nitrogen and oxygen atoms in total. The fourth-order valence-electron chi connectivity index (χ4n) is 2.83. The third kappa shape index (κ3) is 2.87.